The van der Waals surface area contributed by atoms with Crippen LogP contribution in [0, 0.1) is 17.8 Å². The van der Waals surface area contributed by atoms with Crippen LogP contribution in [0.15, 0.2) is 29.6 Å². The number of carboxylic acid groups (broad SMARTS) is 1. The van der Waals surface area contributed by atoms with E-state index in [1.807, 2.05) is 39.6 Å². The minimum atomic E-state index is -0.987. The molecular weight excluding hydrogens is 687 g/mol. The van der Waals surface area contributed by atoms with Gasteiger partial charge in [0.05, 0.1) is 18.6 Å². The number of likely N-dealkylation sites (N-methyl/N-ethyl adjacent to an activating group) is 1. The van der Waals surface area contributed by atoms with Crippen LogP contribution in [0.3, 0.4) is 0 Å². The molecule has 2 aromatic rings. The van der Waals surface area contributed by atoms with Crippen LogP contribution in [0.5, 0.6) is 5.75 Å². The SMILES string of the molecule is CCC(C)C(NC(=O)C1CCCCN1C)C(=O)N(CCOC)[C@H](CC(=O)c1nc(C(=O)N[C@@H](Cc2ccc(O)cc2)C[C@H](C)C(=O)O)cs1)C(C)C. The Kier molecular flexibility index (Phi) is 16.7. The molecule has 1 fully saturated rings. The van der Waals surface area contributed by atoms with Crippen molar-refractivity contribution in [2.24, 2.45) is 17.8 Å². The van der Waals surface area contributed by atoms with E-state index in [2.05, 4.69) is 15.6 Å². The van der Waals surface area contributed by atoms with Crippen molar-refractivity contribution in [2.45, 2.75) is 104 Å². The smallest absolute Gasteiger partial charge is 0.306 e. The predicted molar refractivity (Wildman–Crippen MR) is 199 cm³/mol. The fourth-order valence-electron chi connectivity index (χ4n) is 6.53. The number of aliphatic carboxylic acids is 1. The molecule has 0 saturated carbocycles. The van der Waals surface area contributed by atoms with Crippen LogP contribution in [0.25, 0.3) is 0 Å². The predicted octanol–water partition coefficient (Wildman–Crippen LogP) is 4.39. The Morgan fingerprint density at radius 1 is 1.08 bits per heavy atom. The number of phenols is 1. The molecule has 14 heteroatoms. The number of aromatic nitrogens is 1. The number of phenolic OH excluding ortho intramolecular Hbond substituents is 1. The molecule has 1 aromatic carbocycles. The fourth-order valence-corrected chi connectivity index (χ4v) is 7.28. The third-order valence-electron chi connectivity index (χ3n) is 10.0. The third-order valence-corrected chi connectivity index (χ3v) is 10.9. The van der Waals surface area contributed by atoms with E-state index >= 15 is 0 Å². The quantitative estimate of drug-likeness (QED) is 0.142. The number of amides is 3. The van der Waals surface area contributed by atoms with Crippen LogP contribution in [0.1, 0.15) is 99.0 Å². The Hall–Kier alpha value is -3.88. The Balaban J connectivity index is 1.80. The van der Waals surface area contributed by atoms with Crippen LogP contribution in [-0.4, -0.2) is 112 Å². The number of carboxylic acids is 1. The summed E-state index contributed by atoms with van der Waals surface area (Å²) in [6, 6.07) is 4.30. The number of piperidine rings is 1. The van der Waals surface area contributed by atoms with E-state index < -0.39 is 35.9 Å². The second kappa shape index (κ2) is 20.4. The number of benzene rings is 1. The number of methoxy groups -OCH3 is 1. The Morgan fingerprint density at radius 3 is 2.37 bits per heavy atom. The van der Waals surface area contributed by atoms with Gasteiger partial charge in [0, 0.05) is 37.5 Å². The molecule has 0 aliphatic carbocycles. The fraction of sp³-hybridized carbons (Fsp3) is 0.632. The molecule has 3 unspecified atom stereocenters. The Morgan fingerprint density at radius 2 is 1.77 bits per heavy atom. The number of rotatable bonds is 20. The van der Waals surface area contributed by atoms with Gasteiger partial charge in [0.2, 0.25) is 11.8 Å². The molecule has 52 heavy (non-hydrogen) atoms. The summed E-state index contributed by atoms with van der Waals surface area (Å²) in [6.07, 6.45) is 3.82. The minimum absolute atomic E-state index is 0.0349. The number of ketones is 1. The van der Waals surface area contributed by atoms with Crippen molar-refractivity contribution in [3.8, 4) is 5.75 Å². The molecule has 13 nitrogen and oxygen atoms in total. The average molecular weight is 744 g/mol. The maximum Gasteiger partial charge on any atom is 0.306 e. The topological polar surface area (TPSA) is 178 Å². The highest BCUT2D eigenvalue weighted by molar-refractivity contribution is 7.12. The van der Waals surface area contributed by atoms with Crippen molar-refractivity contribution in [1.82, 2.24) is 25.4 Å². The summed E-state index contributed by atoms with van der Waals surface area (Å²) in [5.74, 6) is -3.21. The van der Waals surface area contributed by atoms with Gasteiger partial charge in [0.25, 0.3) is 5.91 Å². The van der Waals surface area contributed by atoms with Crippen LogP contribution >= 0.6 is 11.3 Å². The van der Waals surface area contributed by atoms with Crippen molar-refractivity contribution in [2.75, 3.05) is 33.9 Å². The first-order valence-corrected chi connectivity index (χ1v) is 19.1. The van der Waals surface area contributed by atoms with E-state index in [1.54, 1.807) is 31.1 Å². The highest BCUT2D eigenvalue weighted by Gasteiger charge is 2.38. The number of hydrogen-bond donors (Lipinski definition) is 4. The van der Waals surface area contributed by atoms with E-state index in [-0.39, 0.29) is 77.9 Å². The first kappa shape index (κ1) is 42.5. The maximum atomic E-state index is 14.4. The molecule has 1 saturated heterocycles. The molecule has 0 bridgehead atoms. The summed E-state index contributed by atoms with van der Waals surface area (Å²) in [5.41, 5.74) is 0.839. The van der Waals surface area contributed by atoms with E-state index in [0.717, 1.165) is 42.7 Å². The summed E-state index contributed by atoms with van der Waals surface area (Å²) >= 11 is 1.04. The van der Waals surface area contributed by atoms with E-state index in [1.165, 1.54) is 17.5 Å². The van der Waals surface area contributed by atoms with Crippen LogP contribution in [-0.2, 0) is 25.5 Å². The highest BCUT2D eigenvalue weighted by atomic mass is 32.1. The first-order valence-electron chi connectivity index (χ1n) is 18.3. The minimum Gasteiger partial charge on any atom is -0.508 e. The van der Waals surface area contributed by atoms with Gasteiger partial charge in [-0.1, -0.05) is 59.6 Å². The van der Waals surface area contributed by atoms with E-state index in [4.69, 9.17) is 4.74 Å². The molecule has 3 amide bonds. The van der Waals surface area contributed by atoms with Gasteiger partial charge in [-0.3, -0.25) is 28.9 Å². The molecular formula is C38H57N5O8S. The summed E-state index contributed by atoms with van der Waals surface area (Å²) in [7, 11) is 3.48. The van der Waals surface area contributed by atoms with Gasteiger partial charge in [-0.25, -0.2) is 4.98 Å². The third kappa shape index (κ3) is 12.1. The zero-order valence-corrected chi connectivity index (χ0v) is 32.4. The van der Waals surface area contributed by atoms with Crippen LogP contribution in [0.4, 0.5) is 0 Å². The van der Waals surface area contributed by atoms with Gasteiger partial charge in [0.15, 0.2) is 10.8 Å². The molecule has 3 rings (SSSR count). The van der Waals surface area contributed by atoms with Gasteiger partial charge in [0.1, 0.15) is 17.5 Å². The first-order chi connectivity index (χ1) is 24.7. The number of hydrogen-bond acceptors (Lipinski definition) is 10. The van der Waals surface area contributed by atoms with Crippen molar-refractivity contribution >= 4 is 40.8 Å². The lowest BCUT2D eigenvalue weighted by molar-refractivity contribution is -0.142. The van der Waals surface area contributed by atoms with Crippen LogP contribution < -0.4 is 10.6 Å². The summed E-state index contributed by atoms with van der Waals surface area (Å²) in [6.45, 7) is 10.6. The molecule has 4 N–H and O–H groups in total. The molecule has 1 aromatic heterocycles. The van der Waals surface area contributed by atoms with Crippen molar-refractivity contribution in [3.05, 3.63) is 45.9 Å². The molecule has 2 heterocycles. The monoisotopic (exact) mass is 743 g/mol. The number of aromatic hydroxyl groups is 1. The number of thiazole rings is 1. The molecule has 0 radical (unpaired) electrons. The molecule has 288 valence electrons. The van der Waals surface area contributed by atoms with Crippen molar-refractivity contribution in [1.29, 1.82) is 0 Å². The zero-order chi connectivity index (χ0) is 38.5. The number of carbonyl (C=O) groups is 5. The van der Waals surface area contributed by atoms with Crippen LogP contribution in [0.2, 0.25) is 0 Å². The van der Waals surface area contributed by atoms with E-state index in [0.29, 0.717) is 12.8 Å². The molecule has 0 spiro atoms. The Bertz CT molecular complexity index is 1500. The number of carbonyl (C=O) groups excluding carboxylic acids is 4. The van der Waals surface area contributed by atoms with Gasteiger partial charge >= 0.3 is 5.97 Å². The summed E-state index contributed by atoms with van der Waals surface area (Å²) in [4.78, 5) is 74.7. The van der Waals surface area contributed by atoms with Crippen molar-refractivity contribution in [3.63, 3.8) is 0 Å². The summed E-state index contributed by atoms with van der Waals surface area (Å²) in [5, 5.41) is 26.7. The van der Waals surface area contributed by atoms with Crippen molar-refractivity contribution < 1.29 is 38.9 Å². The largest absolute Gasteiger partial charge is 0.508 e. The second-order valence-electron chi connectivity index (χ2n) is 14.4. The lowest BCUT2D eigenvalue weighted by Crippen LogP contribution is -2.59. The van der Waals surface area contributed by atoms with Gasteiger partial charge in [-0.2, -0.15) is 0 Å². The van der Waals surface area contributed by atoms with Gasteiger partial charge < -0.3 is 30.5 Å². The van der Waals surface area contributed by atoms with Gasteiger partial charge in [-0.05, 0) is 68.8 Å². The second-order valence-corrected chi connectivity index (χ2v) is 15.2. The maximum absolute atomic E-state index is 14.4. The zero-order valence-electron chi connectivity index (χ0n) is 31.6. The number of ether oxygens (including phenoxy) is 1. The number of likely N-dealkylation sites (tertiary alicyclic amines) is 1. The number of nitrogens with one attached hydrogen (secondary N) is 2. The summed E-state index contributed by atoms with van der Waals surface area (Å²) < 4.78 is 5.37. The Labute approximate surface area is 311 Å². The average Bonchev–Trinajstić information content (AvgIpc) is 3.61. The molecule has 1 aliphatic heterocycles. The normalized spacial score (nSPS) is 17.8. The lowest BCUT2D eigenvalue weighted by atomic mass is 9.92. The number of nitrogens with zero attached hydrogens (tertiary/aromatic N) is 3. The molecule has 6 atom stereocenters. The number of Topliss-reactive ketones (excluding diaryl/α,β-unsaturated/α-hetero) is 1. The molecule has 1 aliphatic rings. The lowest BCUT2D eigenvalue weighted by Gasteiger charge is -2.39. The highest BCUT2D eigenvalue weighted by Crippen LogP contribution is 2.24. The van der Waals surface area contributed by atoms with Gasteiger partial charge in [-0.15, -0.1) is 11.3 Å². The van der Waals surface area contributed by atoms with E-state index in [9.17, 15) is 34.2 Å². The standard InChI is InChI=1S/C38H57N5O8S/c1-8-24(4)33(41-35(47)30-11-9-10-16-42(30)6)37(48)43(17-18-51-7)31(23(2)3)21-32(45)36-40-29(22-52-36)34(46)39-27(19-25(5)38(49)50)20-26-12-14-28(44)15-13-26/h12-15,22-25,27,30-31,33,44H,8-11,16-21H2,1-7H3,(H,39,46)(H,41,47)(H,49,50)/t24?,25-,27+,30?,31+,33?/m0/s1.